The zero-order chi connectivity index (χ0) is 22.0. The third-order valence-electron chi connectivity index (χ3n) is 5.90. The second-order valence-corrected chi connectivity index (χ2v) is 9.48. The smallest absolute Gasteiger partial charge is 0.276 e. The van der Waals surface area contributed by atoms with E-state index >= 15 is 0 Å². The first-order valence-corrected chi connectivity index (χ1v) is 11.8. The Bertz CT molecular complexity index is 594. The van der Waals surface area contributed by atoms with E-state index in [1.54, 1.807) is 6.92 Å². The van der Waals surface area contributed by atoms with Crippen molar-refractivity contribution in [1.29, 1.82) is 0 Å². The van der Waals surface area contributed by atoms with Gasteiger partial charge >= 0.3 is 0 Å². The van der Waals surface area contributed by atoms with Crippen LogP contribution in [0.25, 0.3) is 0 Å². The predicted octanol–water partition coefficient (Wildman–Crippen LogP) is 1.94. The maximum absolute atomic E-state index is 12.3. The van der Waals surface area contributed by atoms with E-state index in [4.69, 9.17) is 0 Å². The molecular formula is C20H36AgO7S-2. The summed E-state index contributed by atoms with van der Waals surface area (Å²) in [5, 5.41) is 24.0. The number of hydrogen-bond acceptors (Lipinski definition) is 6. The van der Waals surface area contributed by atoms with Crippen LogP contribution >= 0.6 is 0 Å². The summed E-state index contributed by atoms with van der Waals surface area (Å²) in [6, 6.07) is 0. The molecule has 0 aromatic carbocycles. The first-order chi connectivity index (χ1) is 13.0. The number of rotatable bonds is 16. The van der Waals surface area contributed by atoms with Crippen molar-refractivity contribution < 1.29 is 55.2 Å². The number of aliphatic carboxylic acids is 2. The molecule has 0 heterocycles. The van der Waals surface area contributed by atoms with Crippen molar-refractivity contribution >= 4 is 22.1 Å². The Morgan fingerprint density at radius 3 is 1.69 bits per heavy atom. The second kappa shape index (κ2) is 14.6. The average Bonchev–Trinajstić information content (AvgIpc) is 2.61. The van der Waals surface area contributed by atoms with Crippen molar-refractivity contribution in [2.75, 3.05) is 0 Å². The minimum atomic E-state index is -5.26. The van der Waals surface area contributed by atoms with Crippen LogP contribution in [0.3, 0.4) is 0 Å². The van der Waals surface area contributed by atoms with Gasteiger partial charge in [0.05, 0.1) is 5.97 Å². The molecule has 7 nitrogen and oxygen atoms in total. The molecule has 0 aromatic heterocycles. The van der Waals surface area contributed by atoms with Crippen molar-refractivity contribution in [2.24, 2.45) is 17.8 Å². The first kappa shape index (κ1) is 30.8. The Labute approximate surface area is 191 Å². The van der Waals surface area contributed by atoms with Crippen LogP contribution in [0.1, 0.15) is 91.9 Å². The number of carbonyl (C=O) groups excluding carboxylic acids is 2. The molecule has 0 spiro atoms. The Balaban J connectivity index is 0. The van der Waals surface area contributed by atoms with Gasteiger partial charge in [-0.2, -0.15) is 8.42 Å². The van der Waals surface area contributed by atoms with Gasteiger partial charge in [0.2, 0.25) is 0 Å². The summed E-state index contributed by atoms with van der Waals surface area (Å²) >= 11 is 0. The summed E-state index contributed by atoms with van der Waals surface area (Å²) in [5.41, 5.74) is 0. The molecule has 177 valence electrons. The van der Waals surface area contributed by atoms with Gasteiger partial charge in [0.15, 0.2) is 0 Å². The maximum atomic E-state index is 12.3. The molecule has 0 aromatic rings. The molecule has 0 aliphatic heterocycles. The van der Waals surface area contributed by atoms with Crippen LogP contribution in [0.2, 0.25) is 0 Å². The van der Waals surface area contributed by atoms with Crippen molar-refractivity contribution in [1.82, 2.24) is 0 Å². The van der Waals surface area contributed by atoms with Crippen molar-refractivity contribution in [3.05, 3.63) is 0 Å². The number of carbonyl (C=O) groups is 2. The fourth-order valence-corrected chi connectivity index (χ4v) is 5.13. The summed E-state index contributed by atoms with van der Waals surface area (Å²) in [4.78, 5) is 24.0. The molecule has 1 radical (unpaired) electrons. The molecule has 1 N–H and O–H groups in total. The van der Waals surface area contributed by atoms with E-state index in [1.165, 1.54) is 0 Å². The molecular weight excluding hydrogens is 492 g/mol. The molecule has 0 saturated heterocycles. The van der Waals surface area contributed by atoms with Gasteiger partial charge in [-0.25, -0.2) is 0 Å². The Morgan fingerprint density at radius 2 is 1.38 bits per heavy atom. The van der Waals surface area contributed by atoms with E-state index < -0.39 is 39.1 Å². The Hall–Kier alpha value is -0.410. The minimum Gasteiger partial charge on any atom is -0.550 e. The van der Waals surface area contributed by atoms with E-state index in [2.05, 4.69) is 0 Å². The number of carboxylic acids is 2. The van der Waals surface area contributed by atoms with Crippen LogP contribution in [0.5, 0.6) is 0 Å². The summed E-state index contributed by atoms with van der Waals surface area (Å²) in [6.45, 7) is 7.56. The second-order valence-electron chi connectivity index (χ2n) is 7.80. The zero-order valence-electron chi connectivity index (χ0n) is 17.9. The standard InChI is InChI=1S/C20H38O7S.Ag/c1-5-9-11-15(7-3)13-17(18(21)22)20(19(23)24,28(25,26)27)14-16(8-4)12-10-6-2;/h15-17H,5-14H2,1-4H3,(H,21,22)(H,23,24)(H,25,26,27);/p-2. The largest absolute Gasteiger partial charge is 0.550 e. The van der Waals surface area contributed by atoms with Gasteiger partial charge in [-0.1, -0.05) is 79.1 Å². The molecule has 0 rings (SSSR count). The van der Waals surface area contributed by atoms with E-state index in [9.17, 15) is 32.8 Å². The molecule has 0 aliphatic carbocycles. The predicted molar refractivity (Wildman–Crippen MR) is 104 cm³/mol. The minimum absolute atomic E-state index is 0. The third-order valence-corrected chi connectivity index (χ3v) is 7.44. The van der Waals surface area contributed by atoms with Gasteiger partial charge in [-0.15, -0.1) is 0 Å². The van der Waals surface area contributed by atoms with E-state index in [0.717, 1.165) is 25.7 Å². The molecule has 9 heteroatoms. The molecule has 0 fully saturated rings. The molecule has 0 aliphatic rings. The van der Waals surface area contributed by atoms with E-state index in [-0.39, 0.29) is 40.6 Å². The third kappa shape index (κ3) is 8.69. The van der Waals surface area contributed by atoms with Crippen molar-refractivity contribution in [2.45, 2.75) is 96.7 Å². The van der Waals surface area contributed by atoms with Gasteiger partial charge in [0.25, 0.3) is 10.1 Å². The van der Waals surface area contributed by atoms with Gasteiger partial charge in [0, 0.05) is 34.3 Å². The van der Waals surface area contributed by atoms with Gasteiger partial charge in [0.1, 0.15) is 4.75 Å². The van der Waals surface area contributed by atoms with Crippen LogP contribution in [0, 0.1) is 17.8 Å². The van der Waals surface area contributed by atoms with Crippen LogP contribution in [-0.2, 0) is 42.1 Å². The van der Waals surface area contributed by atoms with Crippen molar-refractivity contribution in [3.8, 4) is 0 Å². The van der Waals surface area contributed by atoms with E-state index in [1.807, 2.05) is 20.8 Å². The number of unbranched alkanes of at least 4 members (excludes halogenated alkanes) is 2. The molecule has 0 bridgehead atoms. The normalized spacial score (nSPS) is 16.9. The van der Waals surface area contributed by atoms with Gasteiger partial charge < -0.3 is 19.8 Å². The average molecular weight is 528 g/mol. The molecule has 4 unspecified atom stereocenters. The molecule has 4 atom stereocenters. The molecule has 29 heavy (non-hydrogen) atoms. The maximum Gasteiger partial charge on any atom is 0.276 e. The summed E-state index contributed by atoms with van der Waals surface area (Å²) in [6.07, 6.45) is 4.84. The fourth-order valence-electron chi connectivity index (χ4n) is 3.92. The van der Waals surface area contributed by atoms with Crippen LogP contribution in [0.15, 0.2) is 0 Å². The van der Waals surface area contributed by atoms with Crippen LogP contribution in [-0.4, -0.2) is 29.7 Å². The quantitative estimate of drug-likeness (QED) is 0.239. The summed E-state index contributed by atoms with van der Waals surface area (Å²) < 4.78 is 31.6. The van der Waals surface area contributed by atoms with Gasteiger partial charge in [-0.3, -0.25) is 4.55 Å². The van der Waals surface area contributed by atoms with Gasteiger partial charge in [-0.05, 0) is 24.7 Å². The van der Waals surface area contributed by atoms with E-state index in [0.29, 0.717) is 25.7 Å². The number of carboxylic acid groups (broad SMARTS) is 2. The first-order valence-electron chi connectivity index (χ1n) is 10.4. The molecule has 0 amide bonds. The summed E-state index contributed by atoms with van der Waals surface area (Å²) in [7, 11) is -5.26. The SMILES string of the molecule is CCCCC(CC)CC(C(=O)[O-])C(CC(CC)CCCC)(C(=O)[O-])S(=O)(=O)O.[Ag]. The number of hydrogen-bond donors (Lipinski definition) is 1. The Kier molecular flexibility index (Phi) is 15.5. The monoisotopic (exact) mass is 527 g/mol. The zero-order valence-corrected chi connectivity index (χ0v) is 20.2. The molecule has 0 saturated carbocycles. The van der Waals surface area contributed by atoms with Crippen LogP contribution in [0.4, 0.5) is 0 Å². The fraction of sp³-hybridized carbons (Fsp3) is 0.900. The van der Waals surface area contributed by atoms with Crippen molar-refractivity contribution in [3.63, 3.8) is 0 Å². The summed E-state index contributed by atoms with van der Waals surface area (Å²) in [5.74, 6) is -6.26. The van der Waals surface area contributed by atoms with Crippen LogP contribution < -0.4 is 10.2 Å². The Morgan fingerprint density at radius 1 is 0.931 bits per heavy atom. The topological polar surface area (TPSA) is 135 Å².